The van der Waals surface area contributed by atoms with Gasteiger partial charge in [0.25, 0.3) is 0 Å². The molecule has 2 N–H and O–H groups in total. The quantitative estimate of drug-likeness (QED) is 0.938. The molecule has 1 aromatic heterocycles. The van der Waals surface area contributed by atoms with Gasteiger partial charge in [0.1, 0.15) is 0 Å². The molecule has 16 heavy (non-hydrogen) atoms. The zero-order valence-electron chi connectivity index (χ0n) is 9.10. The molecule has 2 aromatic rings. The molecule has 0 saturated heterocycles. The van der Waals surface area contributed by atoms with E-state index in [0.29, 0.717) is 0 Å². The van der Waals surface area contributed by atoms with Crippen molar-refractivity contribution in [3.05, 3.63) is 52.3 Å². The van der Waals surface area contributed by atoms with E-state index >= 15 is 0 Å². The molecule has 1 heterocycles. The van der Waals surface area contributed by atoms with Crippen LogP contribution in [0.3, 0.4) is 0 Å². The summed E-state index contributed by atoms with van der Waals surface area (Å²) in [6.45, 7) is 0. The molecule has 0 aliphatic rings. The number of aromatic nitrogens is 2. The van der Waals surface area contributed by atoms with Crippen LogP contribution in [-0.2, 0) is 13.5 Å². The highest BCUT2D eigenvalue weighted by molar-refractivity contribution is 9.10. The van der Waals surface area contributed by atoms with Gasteiger partial charge in [0.2, 0.25) is 0 Å². The number of rotatable bonds is 3. The zero-order valence-corrected chi connectivity index (χ0v) is 10.7. The van der Waals surface area contributed by atoms with Crippen LogP contribution in [0.4, 0.5) is 0 Å². The minimum atomic E-state index is 0.00914. The van der Waals surface area contributed by atoms with Crippen LogP contribution in [-0.4, -0.2) is 9.78 Å². The van der Waals surface area contributed by atoms with Gasteiger partial charge < -0.3 is 5.73 Å². The molecule has 0 saturated carbocycles. The van der Waals surface area contributed by atoms with Crippen molar-refractivity contribution >= 4 is 15.9 Å². The van der Waals surface area contributed by atoms with E-state index in [1.54, 1.807) is 4.68 Å². The lowest BCUT2D eigenvalue weighted by atomic mass is 10.0. The van der Waals surface area contributed by atoms with E-state index in [0.717, 1.165) is 16.5 Å². The Bertz CT molecular complexity index is 461. The molecule has 3 nitrogen and oxygen atoms in total. The molecule has 1 atom stereocenters. The largest absolute Gasteiger partial charge is 0.324 e. The van der Waals surface area contributed by atoms with E-state index in [1.807, 2.05) is 31.6 Å². The Morgan fingerprint density at radius 2 is 2.06 bits per heavy atom. The van der Waals surface area contributed by atoms with Crippen molar-refractivity contribution in [1.29, 1.82) is 0 Å². The Morgan fingerprint density at radius 1 is 1.38 bits per heavy atom. The Kier molecular flexibility index (Phi) is 3.41. The minimum Gasteiger partial charge on any atom is -0.324 e. The van der Waals surface area contributed by atoms with Crippen LogP contribution in [0.1, 0.15) is 17.2 Å². The van der Waals surface area contributed by atoms with Crippen LogP contribution >= 0.6 is 15.9 Å². The van der Waals surface area contributed by atoms with Gasteiger partial charge in [-0.15, -0.1) is 0 Å². The second-order valence-corrected chi connectivity index (χ2v) is 4.80. The number of benzene rings is 1. The number of nitrogens with two attached hydrogens (primary N) is 1. The number of hydrogen-bond donors (Lipinski definition) is 1. The van der Waals surface area contributed by atoms with Crippen molar-refractivity contribution in [1.82, 2.24) is 9.78 Å². The summed E-state index contributed by atoms with van der Waals surface area (Å²) in [6, 6.07) is 8.24. The lowest BCUT2D eigenvalue weighted by Gasteiger charge is -2.09. The van der Waals surface area contributed by atoms with Crippen LogP contribution in [0, 0.1) is 0 Å². The van der Waals surface area contributed by atoms with Gasteiger partial charge in [0.15, 0.2) is 0 Å². The first-order valence-corrected chi connectivity index (χ1v) is 5.93. The highest BCUT2D eigenvalue weighted by Gasteiger charge is 2.08. The maximum atomic E-state index is 6.11. The second-order valence-electron chi connectivity index (χ2n) is 3.88. The molecule has 0 amide bonds. The maximum Gasteiger partial charge on any atom is 0.0537 e. The summed E-state index contributed by atoms with van der Waals surface area (Å²) in [5.74, 6) is 0. The molecule has 0 aliphatic carbocycles. The molecular weight excluding hydrogens is 266 g/mol. The Morgan fingerprint density at radius 3 is 2.62 bits per heavy atom. The summed E-state index contributed by atoms with van der Waals surface area (Å²) in [4.78, 5) is 0. The zero-order chi connectivity index (χ0) is 11.5. The van der Waals surface area contributed by atoms with Crippen molar-refractivity contribution in [2.45, 2.75) is 12.5 Å². The average Bonchev–Trinajstić information content (AvgIpc) is 2.68. The molecule has 1 unspecified atom stereocenters. The number of hydrogen-bond acceptors (Lipinski definition) is 2. The Hall–Kier alpha value is -1.13. The van der Waals surface area contributed by atoms with Gasteiger partial charge >= 0.3 is 0 Å². The second kappa shape index (κ2) is 4.80. The third-order valence-corrected chi connectivity index (χ3v) is 3.05. The topological polar surface area (TPSA) is 43.8 Å². The predicted octanol–water partition coefficient (Wildman–Crippen LogP) is 2.43. The van der Waals surface area contributed by atoms with Crippen molar-refractivity contribution < 1.29 is 0 Å². The van der Waals surface area contributed by atoms with Crippen LogP contribution in [0.25, 0.3) is 0 Å². The molecule has 0 radical (unpaired) electrons. The van der Waals surface area contributed by atoms with Gasteiger partial charge in [-0.05, 0) is 24.1 Å². The molecule has 1 aromatic carbocycles. The highest BCUT2D eigenvalue weighted by atomic mass is 79.9. The van der Waals surface area contributed by atoms with Crippen molar-refractivity contribution in [3.8, 4) is 0 Å². The standard InChI is InChI=1S/C12H14BrN3/c1-16-8-10(7-15-16)12(14)6-9-2-4-11(13)5-3-9/h2-5,7-8,12H,6,14H2,1H3. The molecule has 2 rings (SSSR count). The Balaban J connectivity index is 2.07. The number of nitrogens with zero attached hydrogens (tertiary/aromatic N) is 2. The van der Waals surface area contributed by atoms with Gasteiger partial charge in [0, 0.05) is 29.3 Å². The summed E-state index contributed by atoms with van der Waals surface area (Å²) < 4.78 is 2.86. The van der Waals surface area contributed by atoms with Crippen LogP contribution < -0.4 is 5.73 Å². The third-order valence-electron chi connectivity index (χ3n) is 2.52. The monoisotopic (exact) mass is 279 g/mol. The van der Waals surface area contributed by atoms with E-state index in [4.69, 9.17) is 5.73 Å². The maximum absolute atomic E-state index is 6.11. The average molecular weight is 280 g/mol. The van der Waals surface area contributed by atoms with Gasteiger partial charge in [-0.3, -0.25) is 4.68 Å². The minimum absolute atomic E-state index is 0.00914. The first-order chi connectivity index (χ1) is 7.65. The molecule has 84 valence electrons. The molecule has 0 fully saturated rings. The van der Waals surface area contributed by atoms with Crippen molar-refractivity contribution in [2.75, 3.05) is 0 Å². The van der Waals surface area contributed by atoms with Gasteiger partial charge in [-0.25, -0.2) is 0 Å². The lowest BCUT2D eigenvalue weighted by molar-refractivity contribution is 0.717. The fourth-order valence-electron chi connectivity index (χ4n) is 1.62. The molecule has 4 heteroatoms. The third kappa shape index (κ3) is 2.71. The first kappa shape index (κ1) is 11.4. The highest BCUT2D eigenvalue weighted by Crippen LogP contribution is 2.17. The molecule has 0 bridgehead atoms. The lowest BCUT2D eigenvalue weighted by Crippen LogP contribution is -2.12. The van der Waals surface area contributed by atoms with Gasteiger partial charge in [0.05, 0.1) is 6.20 Å². The van der Waals surface area contributed by atoms with E-state index < -0.39 is 0 Å². The van der Waals surface area contributed by atoms with E-state index in [1.165, 1.54) is 5.56 Å². The smallest absolute Gasteiger partial charge is 0.0537 e. The van der Waals surface area contributed by atoms with Crippen LogP contribution in [0.5, 0.6) is 0 Å². The van der Waals surface area contributed by atoms with Crippen LogP contribution in [0.2, 0.25) is 0 Å². The summed E-state index contributed by atoms with van der Waals surface area (Å²) in [6.07, 6.45) is 4.62. The summed E-state index contributed by atoms with van der Waals surface area (Å²) in [5.41, 5.74) is 8.42. The van der Waals surface area contributed by atoms with Gasteiger partial charge in [-0.1, -0.05) is 28.1 Å². The van der Waals surface area contributed by atoms with Crippen LogP contribution in [0.15, 0.2) is 41.1 Å². The van der Waals surface area contributed by atoms with E-state index in [2.05, 4.69) is 33.2 Å². The number of halogens is 1. The van der Waals surface area contributed by atoms with E-state index in [-0.39, 0.29) is 6.04 Å². The molecule has 0 spiro atoms. The van der Waals surface area contributed by atoms with E-state index in [9.17, 15) is 0 Å². The summed E-state index contributed by atoms with van der Waals surface area (Å²) in [7, 11) is 1.90. The fourth-order valence-corrected chi connectivity index (χ4v) is 1.89. The molecular formula is C12H14BrN3. The fraction of sp³-hybridized carbons (Fsp3) is 0.250. The summed E-state index contributed by atoms with van der Waals surface area (Å²) >= 11 is 3.42. The normalized spacial score (nSPS) is 12.7. The summed E-state index contributed by atoms with van der Waals surface area (Å²) in [5, 5.41) is 4.12. The first-order valence-electron chi connectivity index (χ1n) is 5.14. The Labute approximate surface area is 103 Å². The van der Waals surface area contributed by atoms with Crippen molar-refractivity contribution in [2.24, 2.45) is 12.8 Å². The molecule has 0 aliphatic heterocycles. The van der Waals surface area contributed by atoms with Crippen molar-refractivity contribution in [3.63, 3.8) is 0 Å². The predicted molar refractivity (Wildman–Crippen MR) is 68.0 cm³/mol. The van der Waals surface area contributed by atoms with Gasteiger partial charge in [-0.2, -0.15) is 5.10 Å². The SMILES string of the molecule is Cn1cc(C(N)Cc2ccc(Br)cc2)cn1. The number of aryl methyl sites for hydroxylation is 1.